The molecule has 2 aromatic carbocycles. The lowest BCUT2D eigenvalue weighted by atomic mass is 10.0. The summed E-state index contributed by atoms with van der Waals surface area (Å²) in [7, 11) is 0. The van der Waals surface area contributed by atoms with Gasteiger partial charge in [0.15, 0.2) is 0 Å². The van der Waals surface area contributed by atoms with Crippen LogP contribution in [-0.4, -0.2) is 22.4 Å². The maximum Gasteiger partial charge on any atom is 0.405 e. The van der Waals surface area contributed by atoms with Gasteiger partial charge in [-0.2, -0.15) is 0 Å². The second-order valence-corrected chi connectivity index (χ2v) is 5.01. The van der Waals surface area contributed by atoms with E-state index in [-0.39, 0.29) is 0 Å². The predicted octanol–water partition coefficient (Wildman–Crippen LogP) is 2.96. The second-order valence-electron chi connectivity index (χ2n) is 5.01. The molecule has 2 aromatic rings. The van der Waals surface area contributed by atoms with E-state index in [4.69, 9.17) is 9.84 Å². The number of ether oxygens (including phenoxy) is 1. The van der Waals surface area contributed by atoms with Crippen LogP contribution in [0, 0.1) is 0 Å². The van der Waals surface area contributed by atoms with E-state index in [2.05, 4.69) is 5.32 Å². The molecule has 0 aliphatic heterocycles. The summed E-state index contributed by atoms with van der Waals surface area (Å²) in [4.78, 5) is 10.8. The highest BCUT2D eigenvalue weighted by molar-refractivity contribution is 5.65. The van der Waals surface area contributed by atoms with E-state index in [0.717, 1.165) is 5.56 Å². The lowest BCUT2D eigenvalue weighted by Crippen LogP contribution is -2.33. The van der Waals surface area contributed by atoms with Crippen molar-refractivity contribution in [2.75, 3.05) is 0 Å². The Hall–Kier alpha value is -2.53. The zero-order chi connectivity index (χ0) is 15.9. The molecule has 0 spiro atoms. The first-order valence-corrected chi connectivity index (χ1v) is 7.00. The second kappa shape index (κ2) is 7.47. The van der Waals surface area contributed by atoms with Crippen LogP contribution in [0.15, 0.2) is 54.6 Å². The zero-order valence-corrected chi connectivity index (χ0v) is 12.3. The van der Waals surface area contributed by atoms with Crippen LogP contribution < -0.4 is 10.1 Å². The summed E-state index contributed by atoms with van der Waals surface area (Å²) in [5.41, 5.74) is 1.76. The molecule has 0 aliphatic carbocycles. The van der Waals surface area contributed by atoms with Gasteiger partial charge in [-0.1, -0.05) is 42.5 Å². The SMILES string of the molecule is CC(O)C(NC(=O)O)c1ccc(OCc2ccccc2)cc1. The van der Waals surface area contributed by atoms with Crippen molar-refractivity contribution in [1.29, 1.82) is 0 Å². The summed E-state index contributed by atoms with van der Waals surface area (Å²) in [5.74, 6) is 0.687. The van der Waals surface area contributed by atoms with Gasteiger partial charge in [0.05, 0.1) is 12.1 Å². The molecule has 0 radical (unpaired) electrons. The van der Waals surface area contributed by atoms with Crippen LogP contribution in [0.5, 0.6) is 5.75 Å². The average Bonchev–Trinajstić information content (AvgIpc) is 2.52. The summed E-state index contributed by atoms with van der Waals surface area (Å²) >= 11 is 0. The van der Waals surface area contributed by atoms with Crippen LogP contribution in [0.4, 0.5) is 4.79 Å². The Morgan fingerprint density at radius 3 is 2.32 bits per heavy atom. The normalized spacial score (nSPS) is 13.2. The highest BCUT2D eigenvalue weighted by Crippen LogP contribution is 2.21. The van der Waals surface area contributed by atoms with Crippen LogP contribution in [-0.2, 0) is 6.61 Å². The third-order valence-electron chi connectivity index (χ3n) is 3.25. The quantitative estimate of drug-likeness (QED) is 0.766. The minimum Gasteiger partial charge on any atom is -0.489 e. The van der Waals surface area contributed by atoms with Gasteiger partial charge in [0, 0.05) is 0 Å². The van der Waals surface area contributed by atoms with Crippen molar-refractivity contribution in [1.82, 2.24) is 5.32 Å². The van der Waals surface area contributed by atoms with Crippen LogP contribution in [0.3, 0.4) is 0 Å². The maximum absolute atomic E-state index is 10.8. The first-order valence-electron chi connectivity index (χ1n) is 7.00. The van der Waals surface area contributed by atoms with E-state index in [1.807, 2.05) is 30.3 Å². The van der Waals surface area contributed by atoms with Gasteiger partial charge in [0.1, 0.15) is 12.4 Å². The number of hydrogen-bond donors (Lipinski definition) is 3. The molecule has 1 amide bonds. The lowest BCUT2D eigenvalue weighted by Gasteiger charge is -2.20. The van der Waals surface area contributed by atoms with E-state index in [1.165, 1.54) is 0 Å². The Labute approximate surface area is 129 Å². The standard InChI is InChI=1S/C17H19NO4/c1-12(19)16(18-17(20)21)14-7-9-15(10-8-14)22-11-13-5-3-2-4-6-13/h2-10,12,16,18-19H,11H2,1H3,(H,20,21). The molecule has 3 N–H and O–H groups in total. The molecule has 5 heteroatoms. The van der Waals surface area contributed by atoms with Crippen LogP contribution in [0.2, 0.25) is 0 Å². The van der Waals surface area contributed by atoms with Gasteiger partial charge in [-0.25, -0.2) is 4.79 Å². The van der Waals surface area contributed by atoms with E-state index >= 15 is 0 Å². The fourth-order valence-electron chi connectivity index (χ4n) is 2.13. The maximum atomic E-state index is 10.8. The average molecular weight is 301 g/mol. The summed E-state index contributed by atoms with van der Waals surface area (Å²) in [6.45, 7) is 2.01. The summed E-state index contributed by atoms with van der Waals surface area (Å²) < 4.78 is 5.67. The number of hydrogen-bond acceptors (Lipinski definition) is 3. The fourth-order valence-corrected chi connectivity index (χ4v) is 2.13. The monoisotopic (exact) mass is 301 g/mol. The number of carboxylic acid groups (broad SMARTS) is 1. The van der Waals surface area contributed by atoms with Crippen LogP contribution >= 0.6 is 0 Å². The Bertz CT molecular complexity index is 596. The molecule has 0 aromatic heterocycles. The van der Waals surface area contributed by atoms with E-state index in [1.54, 1.807) is 31.2 Å². The van der Waals surface area contributed by atoms with E-state index in [0.29, 0.717) is 17.9 Å². The topological polar surface area (TPSA) is 78.8 Å². The molecular weight excluding hydrogens is 282 g/mol. The van der Waals surface area contributed by atoms with Gasteiger partial charge in [-0.05, 0) is 30.2 Å². The molecule has 0 saturated carbocycles. The lowest BCUT2D eigenvalue weighted by molar-refractivity contribution is 0.133. The molecule has 2 unspecified atom stereocenters. The Morgan fingerprint density at radius 2 is 1.77 bits per heavy atom. The molecule has 2 rings (SSSR count). The van der Waals surface area contributed by atoms with Crippen molar-refractivity contribution in [3.63, 3.8) is 0 Å². The third kappa shape index (κ3) is 4.49. The summed E-state index contributed by atoms with van der Waals surface area (Å²) in [6, 6.07) is 16.2. The van der Waals surface area contributed by atoms with Crippen molar-refractivity contribution in [3.8, 4) is 5.75 Å². The number of rotatable bonds is 6. The summed E-state index contributed by atoms with van der Waals surface area (Å²) in [6.07, 6.45) is -2.00. The van der Waals surface area contributed by atoms with Crippen LogP contribution in [0.1, 0.15) is 24.1 Å². The molecule has 0 aliphatic rings. The predicted molar refractivity (Wildman–Crippen MR) is 82.8 cm³/mol. The highest BCUT2D eigenvalue weighted by atomic mass is 16.5. The molecule has 116 valence electrons. The Morgan fingerprint density at radius 1 is 1.14 bits per heavy atom. The fraction of sp³-hybridized carbons (Fsp3) is 0.235. The molecule has 0 fully saturated rings. The number of amides is 1. The van der Waals surface area contributed by atoms with Crippen molar-refractivity contribution < 1.29 is 19.7 Å². The number of carbonyl (C=O) groups is 1. The first kappa shape index (κ1) is 15.9. The van der Waals surface area contributed by atoms with Gasteiger partial charge in [0.2, 0.25) is 0 Å². The van der Waals surface area contributed by atoms with Crippen molar-refractivity contribution in [3.05, 3.63) is 65.7 Å². The van der Waals surface area contributed by atoms with E-state index in [9.17, 15) is 9.90 Å². The molecule has 5 nitrogen and oxygen atoms in total. The largest absolute Gasteiger partial charge is 0.489 e. The molecule has 0 bridgehead atoms. The van der Waals surface area contributed by atoms with Gasteiger partial charge in [0.25, 0.3) is 0 Å². The number of aliphatic hydroxyl groups is 1. The van der Waals surface area contributed by atoms with Crippen molar-refractivity contribution >= 4 is 6.09 Å². The Kier molecular flexibility index (Phi) is 5.38. The minimum atomic E-state index is -1.17. The van der Waals surface area contributed by atoms with Gasteiger partial charge >= 0.3 is 6.09 Å². The van der Waals surface area contributed by atoms with E-state index < -0.39 is 18.2 Å². The molecule has 0 saturated heterocycles. The number of aliphatic hydroxyl groups excluding tert-OH is 1. The number of nitrogens with one attached hydrogen (secondary N) is 1. The van der Waals surface area contributed by atoms with Gasteiger partial charge in [-0.3, -0.25) is 0 Å². The zero-order valence-electron chi connectivity index (χ0n) is 12.3. The van der Waals surface area contributed by atoms with Gasteiger partial charge < -0.3 is 20.3 Å². The summed E-state index contributed by atoms with van der Waals surface area (Å²) in [5, 5.41) is 20.8. The molecule has 22 heavy (non-hydrogen) atoms. The number of benzene rings is 2. The third-order valence-corrected chi connectivity index (χ3v) is 3.25. The smallest absolute Gasteiger partial charge is 0.405 e. The minimum absolute atomic E-state index is 0.466. The molecular formula is C17H19NO4. The van der Waals surface area contributed by atoms with Crippen molar-refractivity contribution in [2.45, 2.75) is 25.7 Å². The van der Waals surface area contributed by atoms with Gasteiger partial charge in [-0.15, -0.1) is 0 Å². The van der Waals surface area contributed by atoms with Crippen molar-refractivity contribution in [2.24, 2.45) is 0 Å². The van der Waals surface area contributed by atoms with Crippen LogP contribution in [0.25, 0.3) is 0 Å². The molecule has 2 atom stereocenters. The Balaban J connectivity index is 2.01. The molecule has 0 heterocycles. The highest BCUT2D eigenvalue weighted by Gasteiger charge is 2.19. The first-order chi connectivity index (χ1) is 10.6.